The van der Waals surface area contributed by atoms with Crippen LogP contribution in [-0.2, 0) is 4.74 Å². The first-order valence-electron chi connectivity index (χ1n) is 6.03. The highest BCUT2D eigenvalue weighted by molar-refractivity contribution is 4.79. The molecular weight excluding hydrogens is 190 g/mol. The number of rotatable bonds is 5. The van der Waals surface area contributed by atoms with Crippen molar-refractivity contribution in [2.24, 2.45) is 11.8 Å². The molecule has 0 aromatic heterocycles. The molecular formula is C12H25NO2. The average molecular weight is 215 g/mol. The maximum absolute atomic E-state index is 10.0. The second kappa shape index (κ2) is 5.83. The molecule has 2 N–H and O–H groups in total. The van der Waals surface area contributed by atoms with Crippen molar-refractivity contribution in [3.05, 3.63) is 0 Å². The first-order valence-corrected chi connectivity index (χ1v) is 6.03. The Morgan fingerprint density at radius 3 is 2.80 bits per heavy atom. The highest BCUT2D eigenvalue weighted by Gasteiger charge is 2.24. The second-order valence-electron chi connectivity index (χ2n) is 5.23. The van der Waals surface area contributed by atoms with E-state index in [0.29, 0.717) is 12.5 Å². The molecule has 90 valence electrons. The molecule has 2 atom stereocenters. The van der Waals surface area contributed by atoms with Crippen LogP contribution < -0.4 is 5.32 Å². The number of hydrogen-bond acceptors (Lipinski definition) is 3. The fourth-order valence-electron chi connectivity index (χ4n) is 1.70. The summed E-state index contributed by atoms with van der Waals surface area (Å²) < 4.78 is 5.41. The van der Waals surface area contributed by atoms with E-state index in [4.69, 9.17) is 4.74 Å². The summed E-state index contributed by atoms with van der Waals surface area (Å²) in [4.78, 5) is 0. The number of ether oxygens (including phenoxy) is 1. The van der Waals surface area contributed by atoms with Gasteiger partial charge in [0.2, 0.25) is 0 Å². The van der Waals surface area contributed by atoms with Crippen LogP contribution >= 0.6 is 0 Å². The Morgan fingerprint density at radius 2 is 2.27 bits per heavy atom. The van der Waals surface area contributed by atoms with Gasteiger partial charge in [0.1, 0.15) is 0 Å². The maximum Gasteiger partial charge on any atom is 0.0766 e. The molecule has 1 fully saturated rings. The third-order valence-corrected chi connectivity index (χ3v) is 3.41. The minimum atomic E-state index is -0.602. The highest BCUT2D eigenvalue weighted by Crippen LogP contribution is 2.16. The van der Waals surface area contributed by atoms with E-state index in [-0.39, 0.29) is 5.92 Å². The number of nitrogens with one attached hydrogen (secondary N) is 1. The van der Waals surface area contributed by atoms with Gasteiger partial charge in [-0.2, -0.15) is 0 Å². The fraction of sp³-hybridized carbons (Fsp3) is 1.00. The predicted molar refractivity (Wildman–Crippen MR) is 61.9 cm³/mol. The molecule has 0 bridgehead atoms. The Labute approximate surface area is 93.2 Å². The molecule has 0 saturated carbocycles. The quantitative estimate of drug-likeness (QED) is 0.728. The van der Waals surface area contributed by atoms with Gasteiger partial charge < -0.3 is 15.2 Å². The van der Waals surface area contributed by atoms with Gasteiger partial charge in [0.15, 0.2) is 0 Å². The molecule has 15 heavy (non-hydrogen) atoms. The lowest BCUT2D eigenvalue weighted by Crippen LogP contribution is -2.44. The van der Waals surface area contributed by atoms with Crippen LogP contribution in [-0.4, -0.2) is 37.0 Å². The number of aliphatic hydroxyl groups is 1. The minimum Gasteiger partial charge on any atom is -0.389 e. The van der Waals surface area contributed by atoms with Crippen LogP contribution in [0.15, 0.2) is 0 Å². The first-order chi connectivity index (χ1) is 7.02. The van der Waals surface area contributed by atoms with Crippen LogP contribution in [0, 0.1) is 11.8 Å². The van der Waals surface area contributed by atoms with Gasteiger partial charge in [0, 0.05) is 19.7 Å². The van der Waals surface area contributed by atoms with E-state index in [9.17, 15) is 5.11 Å². The van der Waals surface area contributed by atoms with Crippen molar-refractivity contribution in [3.63, 3.8) is 0 Å². The lowest BCUT2D eigenvalue weighted by molar-refractivity contribution is 0.00922. The van der Waals surface area contributed by atoms with Crippen LogP contribution in [0.2, 0.25) is 0 Å². The zero-order valence-corrected chi connectivity index (χ0v) is 10.3. The summed E-state index contributed by atoms with van der Waals surface area (Å²) in [6, 6.07) is 0. The lowest BCUT2D eigenvalue weighted by Gasteiger charge is -2.29. The molecule has 1 rings (SSSR count). The van der Waals surface area contributed by atoms with Crippen molar-refractivity contribution < 1.29 is 9.84 Å². The summed E-state index contributed by atoms with van der Waals surface area (Å²) in [5.74, 6) is 0.911. The lowest BCUT2D eigenvalue weighted by atomic mass is 9.92. The van der Waals surface area contributed by atoms with Crippen molar-refractivity contribution in [1.29, 1.82) is 0 Å². The molecule has 0 amide bonds. The van der Waals surface area contributed by atoms with E-state index < -0.39 is 5.60 Å². The van der Waals surface area contributed by atoms with Crippen molar-refractivity contribution in [1.82, 2.24) is 5.32 Å². The van der Waals surface area contributed by atoms with Gasteiger partial charge in [-0.15, -0.1) is 0 Å². The summed E-state index contributed by atoms with van der Waals surface area (Å²) in [7, 11) is 0. The van der Waals surface area contributed by atoms with E-state index in [1.165, 1.54) is 12.8 Å². The summed E-state index contributed by atoms with van der Waals surface area (Å²) >= 11 is 0. The van der Waals surface area contributed by atoms with Crippen LogP contribution in [0.25, 0.3) is 0 Å². The summed E-state index contributed by atoms with van der Waals surface area (Å²) in [6.07, 6.45) is 2.42. The molecule has 1 aliphatic heterocycles. The molecule has 3 heteroatoms. The van der Waals surface area contributed by atoms with Gasteiger partial charge in [0.25, 0.3) is 0 Å². The van der Waals surface area contributed by atoms with Crippen molar-refractivity contribution >= 4 is 0 Å². The second-order valence-corrected chi connectivity index (χ2v) is 5.23. The summed E-state index contributed by atoms with van der Waals surface area (Å²) in [5, 5.41) is 13.4. The van der Waals surface area contributed by atoms with Gasteiger partial charge in [-0.1, -0.05) is 13.8 Å². The molecule has 1 aliphatic rings. The Bertz CT molecular complexity index is 174. The molecule has 0 aliphatic carbocycles. The van der Waals surface area contributed by atoms with E-state index in [1.54, 1.807) is 0 Å². The van der Waals surface area contributed by atoms with Crippen LogP contribution in [0.3, 0.4) is 0 Å². The van der Waals surface area contributed by atoms with E-state index in [2.05, 4.69) is 5.32 Å². The first kappa shape index (κ1) is 12.9. The van der Waals surface area contributed by atoms with Gasteiger partial charge in [-0.05, 0) is 31.6 Å². The molecule has 1 heterocycles. The maximum atomic E-state index is 10.0. The topological polar surface area (TPSA) is 41.5 Å². The molecule has 0 radical (unpaired) electrons. The van der Waals surface area contributed by atoms with Crippen molar-refractivity contribution in [3.8, 4) is 0 Å². The Kier molecular flexibility index (Phi) is 5.03. The van der Waals surface area contributed by atoms with E-state index >= 15 is 0 Å². The smallest absolute Gasteiger partial charge is 0.0766 e. The standard InChI is InChI=1S/C12H25NO2/c1-10(2)12(3,14)9-13-7-11-5-4-6-15-8-11/h10-11,13-14H,4-9H2,1-3H3. The van der Waals surface area contributed by atoms with Gasteiger partial charge >= 0.3 is 0 Å². The highest BCUT2D eigenvalue weighted by atomic mass is 16.5. The zero-order chi connectivity index (χ0) is 11.3. The van der Waals surface area contributed by atoms with E-state index in [1.807, 2.05) is 20.8 Å². The van der Waals surface area contributed by atoms with Crippen LogP contribution in [0.4, 0.5) is 0 Å². The third kappa shape index (κ3) is 4.49. The number of hydrogen-bond donors (Lipinski definition) is 2. The fourth-order valence-corrected chi connectivity index (χ4v) is 1.70. The summed E-state index contributed by atoms with van der Waals surface area (Å²) in [6.45, 7) is 9.40. The Hall–Kier alpha value is -0.120. The van der Waals surface area contributed by atoms with E-state index in [0.717, 1.165) is 19.8 Å². The largest absolute Gasteiger partial charge is 0.389 e. The monoisotopic (exact) mass is 215 g/mol. The van der Waals surface area contributed by atoms with Crippen molar-refractivity contribution in [2.75, 3.05) is 26.3 Å². The SMILES string of the molecule is CC(C)C(C)(O)CNCC1CCCOC1. The van der Waals surface area contributed by atoms with Crippen molar-refractivity contribution in [2.45, 2.75) is 39.2 Å². The molecule has 2 unspecified atom stereocenters. The Morgan fingerprint density at radius 1 is 1.53 bits per heavy atom. The third-order valence-electron chi connectivity index (χ3n) is 3.41. The van der Waals surface area contributed by atoms with Gasteiger partial charge in [0.05, 0.1) is 12.2 Å². The molecule has 1 saturated heterocycles. The minimum absolute atomic E-state index is 0.285. The molecule has 3 nitrogen and oxygen atoms in total. The summed E-state index contributed by atoms with van der Waals surface area (Å²) in [5.41, 5.74) is -0.602. The predicted octanol–water partition coefficient (Wildman–Crippen LogP) is 1.41. The van der Waals surface area contributed by atoms with Crippen LogP contribution in [0.1, 0.15) is 33.6 Å². The zero-order valence-electron chi connectivity index (χ0n) is 10.3. The molecule has 0 aromatic carbocycles. The van der Waals surface area contributed by atoms with Gasteiger partial charge in [-0.25, -0.2) is 0 Å². The average Bonchev–Trinajstić information content (AvgIpc) is 2.19. The molecule has 0 spiro atoms. The van der Waals surface area contributed by atoms with Gasteiger partial charge in [-0.3, -0.25) is 0 Å². The normalized spacial score (nSPS) is 26.6. The molecule has 0 aromatic rings. The Balaban J connectivity index is 2.14. The van der Waals surface area contributed by atoms with Crippen LogP contribution in [0.5, 0.6) is 0 Å².